The molecule has 0 atom stereocenters. The zero-order valence-corrected chi connectivity index (χ0v) is 9.88. The molecule has 84 valence electrons. The van der Waals surface area contributed by atoms with Crippen molar-refractivity contribution in [1.82, 2.24) is 4.67 Å². The third-order valence-corrected chi connectivity index (χ3v) is 3.69. The van der Waals surface area contributed by atoms with Crippen LogP contribution in [0.4, 0.5) is 0 Å². The molecule has 0 saturated carbocycles. The minimum Gasteiger partial charge on any atom is -0.817 e. The summed E-state index contributed by atoms with van der Waals surface area (Å²) < 4.78 is 0.153. The molecule has 5 nitrogen and oxygen atoms in total. The molecule has 0 radical (unpaired) electrons. The number of carbonyl (C=O) groups excluding carboxylic acids is 2. The molecule has 0 bridgehead atoms. The van der Waals surface area contributed by atoms with Crippen molar-refractivity contribution in [3.63, 3.8) is 0 Å². The number of fused-ring (bicyclic) bond motifs is 1. The fourth-order valence-electron chi connectivity index (χ4n) is 1.66. The SMILES string of the molecule is Cc1cccc2c1C(=O)N(P([O-])([O-])=S)C2=O. The van der Waals surface area contributed by atoms with Crippen molar-refractivity contribution in [2.45, 2.75) is 6.92 Å². The fourth-order valence-corrected chi connectivity index (χ4v) is 2.76. The van der Waals surface area contributed by atoms with Crippen molar-refractivity contribution < 1.29 is 19.4 Å². The highest BCUT2D eigenvalue weighted by atomic mass is 32.5. The Balaban J connectivity index is 2.67. The van der Waals surface area contributed by atoms with Gasteiger partial charge in [-0.1, -0.05) is 12.1 Å². The number of benzene rings is 1. The zero-order chi connectivity index (χ0) is 12.1. The van der Waals surface area contributed by atoms with Crippen LogP contribution in [0, 0.1) is 6.92 Å². The van der Waals surface area contributed by atoms with Gasteiger partial charge in [0.05, 0.1) is 11.1 Å². The number of imide groups is 1. The predicted octanol–water partition coefficient (Wildman–Crippen LogP) is -0.464. The first kappa shape index (κ1) is 11.4. The first-order valence-electron chi connectivity index (χ1n) is 4.35. The number of rotatable bonds is 1. The summed E-state index contributed by atoms with van der Waals surface area (Å²) in [7, 11) is 0. The van der Waals surface area contributed by atoms with Crippen LogP contribution in [0.1, 0.15) is 26.3 Å². The Labute approximate surface area is 96.5 Å². The van der Waals surface area contributed by atoms with Crippen LogP contribution in [0.25, 0.3) is 0 Å². The Bertz CT molecular complexity index is 550. The number of carbonyl (C=O) groups is 2. The first-order valence-corrected chi connectivity index (χ1v) is 6.94. The van der Waals surface area contributed by atoms with Crippen molar-refractivity contribution in [2.75, 3.05) is 0 Å². The quantitative estimate of drug-likeness (QED) is 0.500. The van der Waals surface area contributed by atoms with Gasteiger partial charge in [0, 0.05) is 0 Å². The van der Waals surface area contributed by atoms with Gasteiger partial charge in [-0.2, -0.15) is 0 Å². The van der Waals surface area contributed by atoms with E-state index in [0.717, 1.165) is 0 Å². The summed E-state index contributed by atoms with van der Waals surface area (Å²) in [6.07, 6.45) is 0. The van der Waals surface area contributed by atoms with Crippen LogP contribution in [0.5, 0.6) is 0 Å². The summed E-state index contributed by atoms with van der Waals surface area (Å²) >= 11 is 4.17. The van der Waals surface area contributed by atoms with E-state index in [2.05, 4.69) is 11.8 Å². The van der Waals surface area contributed by atoms with Crippen LogP contribution in [0.3, 0.4) is 0 Å². The van der Waals surface area contributed by atoms with Gasteiger partial charge in [-0.25, -0.2) is 0 Å². The Hall–Kier alpha value is -1.07. The van der Waals surface area contributed by atoms with Gasteiger partial charge >= 0.3 is 0 Å². The minimum absolute atomic E-state index is 0.0888. The number of aryl methyl sites for hydroxylation is 1. The standard InChI is InChI=1S/C9H8NO4PS/c1-5-3-2-4-6-7(5)9(12)10(8(6)11)15(13,14)16/h2-4H,1H3,(H2,13,14,16)/p-2. The van der Waals surface area contributed by atoms with Crippen LogP contribution in [-0.2, 0) is 11.8 Å². The third-order valence-electron chi connectivity index (χ3n) is 2.35. The van der Waals surface area contributed by atoms with Crippen molar-refractivity contribution in [2.24, 2.45) is 0 Å². The van der Waals surface area contributed by atoms with E-state index in [1.54, 1.807) is 19.1 Å². The monoisotopic (exact) mass is 255 g/mol. The second-order valence-electron chi connectivity index (χ2n) is 3.39. The van der Waals surface area contributed by atoms with Gasteiger partial charge < -0.3 is 9.79 Å². The topological polar surface area (TPSA) is 83.5 Å². The second-order valence-corrected chi connectivity index (χ2v) is 6.11. The lowest BCUT2D eigenvalue weighted by molar-refractivity contribution is -0.304. The highest BCUT2D eigenvalue weighted by Gasteiger charge is 2.36. The van der Waals surface area contributed by atoms with Crippen LogP contribution in [-0.4, -0.2) is 16.5 Å². The molecule has 0 spiro atoms. The highest BCUT2D eigenvalue weighted by molar-refractivity contribution is 8.07. The molecule has 2 amide bonds. The van der Waals surface area contributed by atoms with Crippen LogP contribution in [0.15, 0.2) is 18.2 Å². The van der Waals surface area contributed by atoms with Gasteiger partial charge in [0.1, 0.15) is 0 Å². The maximum absolute atomic E-state index is 11.7. The van der Waals surface area contributed by atoms with E-state index in [9.17, 15) is 19.4 Å². The molecular formula is C9H6NO4PS-2. The van der Waals surface area contributed by atoms with Crippen LogP contribution in [0.2, 0.25) is 0 Å². The maximum Gasteiger partial charge on any atom is 0.263 e. The Morgan fingerprint density at radius 1 is 1.25 bits per heavy atom. The minimum atomic E-state index is -4.56. The van der Waals surface area contributed by atoms with E-state index in [0.29, 0.717) is 5.56 Å². The summed E-state index contributed by atoms with van der Waals surface area (Å²) in [5.41, 5.74) is 0.765. The molecule has 2 rings (SSSR count). The van der Waals surface area contributed by atoms with E-state index in [1.807, 2.05) is 0 Å². The van der Waals surface area contributed by atoms with E-state index >= 15 is 0 Å². The molecule has 0 saturated heterocycles. The van der Waals surface area contributed by atoms with Crippen molar-refractivity contribution >= 4 is 30.3 Å². The summed E-state index contributed by atoms with van der Waals surface area (Å²) in [5, 5.41) is 0. The van der Waals surface area contributed by atoms with E-state index in [-0.39, 0.29) is 15.8 Å². The average molecular weight is 255 g/mol. The van der Waals surface area contributed by atoms with Gasteiger partial charge in [-0.05, 0) is 18.6 Å². The lowest BCUT2D eigenvalue weighted by atomic mass is 10.0. The predicted molar refractivity (Wildman–Crippen MR) is 56.0 cm³/mol. The van der Waals surface area contributed by atoms with Crippen LogP contribution < -0.4 is 9.79 Å². The largest absolute Gasteiger partial charge is 0.817 e. The second kappa shape index (κ2) is 3.46. The maximum atomic E-state index is 11.7. The molecule has 0 aromatic heterocycles. The number of nitrogens with zero attached hydrogens (tertiary/aromatic N) is 1. The Morgan fingerprint density at radius 3 is 2.38 bits per heavy atom. The molecular weight excluding hydrogens is 249 g/mol. The highest BCUT2D eigenvalue weighted by Crippen LogP contribution is 2.40. The third kappa shape index (κ3) is 1.51. The summed E-state index contributed by atoms with van der Waals surface area (Å²) in [5.74, 6) is -1.72. The lowest BCUT2D eigenvalue weighted by Gasteiger charge is -2.41. The lowest BCUT2D eigenvalue weighted by Crippen LogP contribution is -2.36. The van der Waals surface area contributed by atoms with Gasteiger partial charge in [-0.3, -0.25) is 14.3 Å². The fraction of sp³-hybridized carbons (Fsp3) is 0.111. The Kier molecular flexibility index (Phi) is 2.47. The molecule has 1 aromatic carbocycles. The van der Waals surface area contributed by atoms with E-state index in [4.69, 9.17) is 0 Å². The van der Waals surface area contributed by atoms with E-state index in [1.165, 1.54) is 6.07 Å². The molecule has 0 N–H and O–H groups in total. The van der Waals surface area contributed by atoms with Crippen LogP contribution >= 0.6 is 6.64 Å². The average Bonchev–Trinajstić information content (AvgIpc) is 2.39. The summed E-state index contributed by atoms with van der Waals surface area (Å²) in [4.78, 5) is 45.7. The van der Waals surface area contributed by atoms with Gasteiger partial charge in [0.25, 0.3) is 11.8 Å². The number of hydrogen-bond donors (Lipinski definition) is 0. The molecule has 0 fully saturated rings. The number of hydrogen-bond acceptors (Lipinski definition) is 5. The van der Waals surface area contributed by atoms with Gasteiger partial charge in [0.2, 0.25) is 0 Å². The van der Waals surface area contributed by atoms with Crippen molar-refractivity contribution in [3.05, 3.63) is 34.9 Å². The summed E-state index contributed by atoms with van der Waals surface area (Å²) in [6, 6.07) is 4.63. The Morgan fingerprint density at radius 2 is 1.88 bits per heavy atom. The molecule has 0 unspecified atom stereocenters. The smallest absolute Gasteiger partial charge is 0.263 e. The molecule has 1 aromatic rings. The molecule has 16 heavy (non-hydrogen) atoms. The molecule has 0 aliphatic carbocycles. The molecule has 1 aliphatic heterocycles. The molecule has 1 aliphatic rings. The normalized spacial score (nSPS) is 15.6. The van der Waals surface area contributed by atoms with Crippen molar-refractivity contribution in [3.8, 4) is 0 Å². The summed E-state index contributed by atoms with van der Waals surface area (Å²) in [6.45, 7) is -2.93. The molecule has 1 heterocycles. The van der Waals surface area contributed by atoms with Gasteiger partial charge in [-0.15, -0.1) is 18.4 Å². The number of amides is 2. The van der Waals surface area contributed by atoms with E-state index < -0.39 is 18.5 Å². The van der Waals surface area contributed by atoms with Gasteiger partial charge in [0.15, 0.2) is 0 Å². The first-order chi connectivity index (χ1) is 7.34. The van der Waals surface area contributed by atoms with Crippen molar-refractivity contribution in [1.29, 1.82) is 0 Å². The molecule has 7 heteroatoms. The zero-order valence-electron chi connectivity index (χ0n) is 8.17.